The Labute approximate surface area is 178 Å². The number of likely N-dealkylation sites (tertiary alicyclic amines) is 1. The van der Waals surface area contributed by atoms with Crippen LogP contribution < -0.4 is 14.2 Å². The third-order valence-corrected chi connectivity index (χ3v) is 5.91. The number of ether oxygens (including phenoxy) is 3. The number of carbonyl (C=O) groups is 2. The average Bonchev–Trinajstić information content (AvgIpc) is 3.02. The minimum atomic E-state index is -0.911. The van der Waals surface area contributed by atoms with Crippen LogP contribution in [0.3, 0.4) is 0 Å². The van der Waals surface area contributed by atoms with Gasteiger partial charge in [-0.05, 0) is 43.2 Å². The maximum atomic E-state index is 13.3. The molecule has 0 spiro atoms. The second-order valence-corrected chi connectivity index (χ2v) is 8.04. The number of carbonyl (C=O) groups excluding carboxylic acids is 2. The molecule has 7 heteroatoms. The van der Waals surface area contributed by atoms with E-state index in [2.05, 4.69) is 15.9 Å². The van der Waals surface area contributed by atoms with Gasteiger partial charge >= 0.3 is 0 Å². The molecule has 1 amide bonds. The molecule has 1 unspecified atom stereocenters. The van der Waals surface area contributed by atoms with Crippen molar-refractivity contribution in [2.45, 2.75) is 31.8 Å². The van der Waals surface area contributed by atoms with E-state index in [1.54, 1.807) is 43.4 Å². The summed E-state index contributed by atoms with van der Waals surface area (Å²) in [7, 11) is 4.63. The Bertz CT molecular complexity index is 902. The van der Waals surface area contributed by atoms with E-state index in [0.717, 1.165) is 10.0 Å². The van der Waals surface area contributed by atoms with E-state index in [0.29, 0.717) is 35.7 Å². The van der Waals surface area contributed by atoms with E-state index in [-0.39, 0.29) is 18.2 Å². The first-order chi connectivity index (χ1) is 13.8. The van der Waals surface area contributed by atoms with Gasteiger partial charge in [0.05, 0.1) is 21.3 Å². The van der Waals surface area contributed by atoms with E-state index in [1.807, 2.05) is 19.1 Å². The lowest BCUT2D eigenvalue weighted by atomic mass is 9.88. The van der Waals surface area contributed by atoms with Crippen molar-refractivity contribution >= 4 is 27.6 Å². The molecule has 3 rings (SSSR count). The molecular weight excluding hydrogens is 438 g/mol. The molecule has 0 radical (unpaired) electrons. The Balaban J connectivity index is 1.95. The number of benzene rings is 2. The summed E-state index contributed by atoms with van der Waals surface area (Å²) in [6, 6.07) is 10.8. The molecular formula is C22H24BrNO5. The highest BCUT2D eigenvalue weighted by molar-refractivity contribution is 9.10. The molecule has 0 saturated carbocycles. The summed E-state index contributed by atoms with van der Waals surface area (Å²) in [6.07, 6.45) is 0.814. The average molecular weight is 462 g/mol. The van der Waals surface area contributed by atoms with Gasteiger partial charge in [-0.3, -0.25) is 9.59 Å². The molecule has 0 aliphatic carbocycles. The highest BCUT2D eigenvalue weighted by atomic mass is 79.9. The molecule has 154 valence electrons. The number of halogens is 1. The lowest BCUT2D eigenvalue weighted by molar-refractivity contribution is -0.130. The summed E-state index contributed by atoms with van der Waals surface area (Å²) < 4.78 is 17.1. The van der Waals surface area contributed by atoms with Crippen LogP contribution >= 0.6 is 15.9 Å². The van der Waals surface area contributed by atoms with E-state index in [1.165, 1.54) is 7.11 Å². The van der Waals surface area contributed by atoms with E-state index >= 15 is 0 Å². The Hall–Kier alpha value is -2.54. The van der Waals surface area contributed by atoms with Crippen LogP contribution in [0.1, 0.15) is 35.7 Å². The van der Waals surface area contributed by atoms with Crippen LogP contribution in [-0.4, -0.2) is 43.5 Å². The second kappa shape index (κ2) is 8.45. The van der Waals surface area contributed by atoms with Crippen molar-refractivity contribution < 1.29 is 23.8 Å². The number of rotatable bonds is 7. The van der Waals surface area contributed by atoms with Crippen LogP contribution in [0.4, 0.5) is 0 Å². The molecule has 1 atom stereocenters. The van der Waals surface area contributed by atoms with Crippen LogP contribution in [0.25, 0.3) is 0 Å². The first-order valence-corrected chi connectivity index (χ1v) is 10.0. The Kier molecular flexibility index (Phi) is 6.17. The highest BCUT2D eigenvalue weighted by Crippen LogP contribution is 2.40. The number of Topliss-reactive ketones (excluding diaryl/α,β-unsaturated/α-hetero) is 1. The first kappa shape index (κ1) is 21.2. The van der Waals surface area contributed by atoms with Crippen LogP contribution in [0.2, 0.25) is 0 Å². The second-order valence-electron chi connectivity index (χ2n) is 7.12. The minimum Gasteiger partial charge on any atom is -0.493 e. The number of methoxy groups -OCH3 is 3. The molecule has 0 N–H and O–H groups in total. The third-order valence-electron chi connectivity index (χ3n) is 5.38. The number of hydrogen-bond acceptors (Lipinski definition) is 5. The first-order valence-electron chi connectivity index (χ1n) is 9.23. The number of amides is 1. The van der Waals surface area contributed by atoms with E-state index in [4.69, 9.17) is 14.2 Å². The Morgan fingerprint density at radius 2 is 1.66 bits per heavy atom. The van der Waals surface area contributed by atoms with E-state index in [9.17, 15) is 9.59 Å². The zero-order chi connectivity index (χ0) is 21.2. The van der Waals surface area contributed by atoms with Crippen LogP contribution in [0.5, 0.6) is 17.2 Å². The number of hydrogen-bond donors (Lipinski definition) is 0. The lowest BCUT2D eigenvalue weighted by Gasteiger charge is -2.34. The minimum absolute atomic E-state index is 0.0493. The molecule has 0 aromatic heterocycles. The van der Waals surface area contributed by atoms with Gasteiger partial charge in [0.1, 0.15) is 5.54 Å². The normalized spacial score (nSPS) is 18.7. The zero-order valence-electron chi connectivity index (χ0n) is 17.0. The highest BCUT2D eigenvalue weighted by Gasteiger charge is 2.47. The molecule has 29 heavy (non-hydrogen) atoms. The van der Waals surface area contributed by atoms with Crippen molar-refractivity contribution in [3.8, 4) is 17.2 Å². The summed E-state index contributed by atoms with van der Waals surface area (Å²) in [5, 5.41) is 0. The van der Waals surface area contributed by atoms with Gasteiger partial charge in [0.25, 0.3) is 0 Å². The molecule has 6 nitrogen and oxygen atoms in total. The largest absolute Gasteiger partial charge is 0.493 e. The smallest absolute Gasteiger partial charge is 0.223 e. The maximum Gasteiger partial charge on any atom is 0.223 e. The Morgan fingerprint density at radius 3 is 2.17 bits per heavy atom. The predicted octanol–water partition coefficient (Wildman–Crippen LogP) is 4.24. The molecule has 1 fully saturated rings. The SMILES string of the molecule is COc1cc(CN2C(=O)CCC2(C)C(=O)c2ccc(Br)cc2)cc(OC)c1OC. The lowest BCUT2D eigenvalue weighted by Crippen LogP contribution is -2.49. The number of ketones is 1. The van der Waals surface area contributed by atoms with Crippen molar-refractivity contribution in [3.63, 3.8) is 0 Å². The fraction of sp³-hybridized carbons (Fsp3) is 0.364. The van der Waals surface area contributed by atoms with Gasteiger partial charge in [-0.25, -0.2) is 0 Å². The van der Waals surface area contributed by atoms with E-state index < -0.39 is 5.54 Å². The summed E-state index contributed by atoms with van der Waals surface area (Å²) in [6.45, 7) is 2.11. The molecule has 0 bridgehead atoms. The van der Waals surface area contributed by atoms with Gasteiger partial charge in [-0.2, -0.15) is 0 Å². The Morgan fingerprint density at radius 1 is 1.07 bits per heavy atom. The van der Waals surface area contributed by atoms with Crippen LogP contribution in [-0.2, 0) is 11.3 Å². The fourth-order valence-electron chi connectivity index (χ4n) is 3.72. The predicted molar refractivity (Wildman–Crippen MR) is 113 cm³/mol. The molecule has 2 aromatic carbocycles. The maximum absolute atomic E-state index is 13.3. The van der Waals surface area contributed by atoms with Gasteiger partial charge < -0.3 is 19.1 Å². The van der Waals surface area contributed by atoms with Gasteiger partial charge in [-0.1, -0.05) is 28.1 Å². The van der Waals surface area contributed by atoms with Gasteiger partial charge in [0.15, 0.2) is 17.3 Å². The standard InChI is InChI=1S/C22H24BrNO5/c1-22(21(26)15-5-7-16(23)8-6-15)10-9-19(25)24(22)13-14-11-17(27-2)20(29-4)18(12-14)28-3/h5-8,11-12H,9-10,13H2,1-4H3. The van der Waals surface area contributed by atoms with Crippen molar-refractivity contribution in [1.29, 1.82) is 0 Å². The summed E-state index contributed by atoms with van der Waals surface area (Å²) >= 11 is 3.39. The van der Waals surface area contributed by atoms with Crippen molar-refractivity contribution in [2.24, 2.45) is 0 Å². The molecule has 2 aromatic rings. The van der Waals surface area contributed by atoms with Gasteiger partial charge in [0.2, 0.25) is 11.7 Å². The monoisotopic (exact) mass is 461 g/mol. The van der Waals surface area contributed by atoms with Gasteiger partial charge in [0, 0.05) is 23.0 Å². The van der Waals surface area contributed by atoms with Crippen molar-refractivity contribution in [3.05, 3.63) is 52.0 Å². The van der Waals surface area contributed by atoms with Crippen molar-refractivity contribution in [2.75, 3.05) is 21.3 Å². The van der Waals surface area contributed by atoms with Crippen LogP contribution in [0.15, 0.2) is 40.9 Å². The van der Waals surface area contributed by atoms with Gasteiger partial charge in [-0.15, -0.1) is 0 Å². The van der Waals surface area contributed by atoms with Crippen molar-refractivity contribution in [1.82, 2.24) is 4.90 Å². The molecule has 1 aliphatic rings. The molecule has 1 saturated heterocycles. The quantitative estimate of drug-likeness (QED) is 0.576. The molecule has 1 aliphatic heterocycles. The summed E-state index contributed by atoms with van der Waals surface area (Å²) in [4.78, 5) is 27.6. The third kappa shape index (κ3) is 3.96. The van der Waals surface area contributed by atoms with Crippen LogP contribution in [0, 0.1) is 0 Å². The topological polar surface area (TPSA) is 65.1 Å². The fourth-order valence-corrected chi connectivity index (χ4v) is 3.98. The zero-order valence-corrected chi connectivity index (χ0v) is 18.5. The summed E-state index contributed by atoms with van der Waals surface area (Å²) in [5.74, 6) is 1.39. The molecule has 1 heterocycles. The number of nitrogens with zero attached hydrogens (tertiary/aromatic N) is 1. The summed E-state index contributed by atoms with van der Waals surface area (Å²) in [5.41, 5.74) is 0.468.